The fraction of sp³-hybridized carbons (Fsp3) is 0.357. The first-order valence-electron chi connectivity index (χ1n) is 6.09. The molecule has 3 nitrogen and oxygen atoms in total. The van der Waals surface area contributed by atoms with Gasteiger partial charge in [-0.3, -0.25) is 0 Å². The lowest BCUT2D eigenvalue weighted by molar-refractivity contribution is 0.416. The summed E-state index contributed by atoms with van der Waals surface area (Å²) in [7, 11) is 1.68. The standard InChI is InChI=1S/C14H18N2OS/c1-3-10(8-15)14-16-12(9-18-14)11-6-4-5-7-13(11)17-2/h4-7,9-10H,3,8,15H2,1-2H3. The van der Waals surface area contributed by atoms with Crippen LogP contribution in [0.5, 0.6) is 5.75 Å². The first-order valence-corrected chi connectivity index (χ1v) is 6.97. The highest BCUT2D eigenvalue weighted by Crippen LogP contribution is 2.32. The number of para-hydroxylation sites is 1. The number of ether oxygens (including phenoxy) is 1. The van der Waals surface area contributed by atoms with Crippen molar-refractivity contribution in [2.24, 2.45) is 5.73 Å². The Balaban J connectivity index is 2.34. The molecule has 0 saturated heterocycles. The second kappa shape index (κ2) is 5.98. The largest absolute Gasteiger partial charge is 0.496 e. The molecule has 0 aliphatic heterocycles. The maximum absolute atomic E-state index is 5.76. The number of rotatable bonds is 5. The van der Waals surface area contributed by atoms with E-state index in [1.165, 1.54) is 0 Å². The van der Waals surface area contributed by atoms with Gasteiger partial charge in [-0.25, -0.2) is 4.98 Å². The Kier molecular flexibility index (Phi) is 4.33. The Morgan fingerprint density at radius 2 is 2.17 bits per heavy atom. The van der Waals surface area contributed by atoms with Crippen molar-refractivity contribution in [3.63, 3.8) is 0 Å². The maximum atomic E-state index is 5.76. The molecule has 4 heteroatoms. The molecule has 1 aromatic carbocycles. The van der Waals surface area contributed by atoms with E-state index in [9.17, 15) is 0 Å². The summed E-state index contributed by atoms with van der Waals surface area (Å²) in [5.74, 6) is 1.22. The van der Waals surface area contributed by atoms with Crippen molar-refractivity contribution in [1.82, 2.24) is 4.98 Å². The first-order chi connectivity index (χ1) is 8.80. The number of nitrogens with two attached hydrogens (primary N) is 1. The van der Waals surface area contributed by atoms with Gasteiger partial charge in [-0.2, -0.15) is 0 Å². The predicted molar refractivity (Wildman–Crippen MR) is 76.2 cm³/mol. The molecule has 1 unspecified atom stereocenters. The number of aromatic nitrogens is 1. The van der Waals surface area contributed by atoms with Gasteiger partial charge in [0.1, 0.15) is 5.75 Å². The molecule has 0 aliphatic rings. The zero-order valence-electron chi connectivity index (χ0n) is 10.7. The Labute approximate surface area is 112 Å². The summed E-state index contributed by atoms with van der Waals surface area (Å²) < 4.78 is 5.36. The molecule has 96 valence electrons. The zero-order chi connectivity index (χ0) is 13.0. The van der Waals surface area contributed by atoms with E-state index in [0.717, 1.165) is 28.4 Å². The van der Waals surface area contributed by atoms with Crippen LogP contribution in [0.25, 0.3) is 11.3 Å². The van der Waals surface area contributed by atoms with Gasteiger partial charge < -0.3 is 10.5 Å². The molecule has 1 atom stereocenters. The number of methoxy groups -OCH3 is 1. The molecule has 0 saturated carbocycles. The summed E-state index contributed by atoms with van der Waals surface area (Å²) in [4.78, 5) is 4.69. The fourth-order valence-electron chi connectivity index (χ4n) is 1.90. The van der Waals surface area contributed by atoms with Crippen molar-refractivity contribution in [3.8, 4) is 17.0 Å². The average molecular weight is 262 g/mol. The third-order valence-corrected chi connectivity index (χ3v) is 4.04. The van der Waals surface area contributed by atoms with Crippen LogP contribution in [0.4, 0.5) is 0 Å². The zero-order valence-corrected chi connectivity index (χ0v) is 11.5. The normalized spacial score (nSPS) is 12.4. The van der Waals surface area contributed by atoms with Crippen molar-refractivity contribution in [3.05, 3.63) is 34.7 Å². The number of nitrogens with zero attached hydrogens (tertiary/aromatic N) is 1. The molecular formula is C14H18N2OS. The summed E-state index contributed by atoms with van der Waals surface area (Å²) in [6.45, 7) is 2.79. The molecule has 0 fully saturated rings. The number of hydrogen-bond donors (Lipinski definition) is 1. The molecule has 0 bridgehead atoms. The molecule has 0 radical (unpaired) electrons. The molecule has 2 aromatic rings. The maximum Gasteiger partial charge on any atom is 0.128 e. The first kappa shape index (κ1) is 13.1. The van der Waals surface area contributed by atoms with Crippen LogP contribution in [-0.4, -0.2) is 18.6 Å². The summed E-state index contributed by atoms with van der Waals surface area (Å²) in [6.07, 6.45) is 1.02. The Morgan fingerprint density at radius 1 is 1.39 bits per heavy atom. The van der Waals surface area contributed by atoms with Gasteiger partial charge in [-0.1, -0.05) is 19.1 Å². The van der Waals surface area contributed by atoms with Crippen molar-refractivity contribution in [1.29, 1.82) is 0 Å². The van der Waals surface area contributed by atoms with Crippen LogP contribution in [0.3, 0.4) is 0 Å². The second-order valence-corrected chi connectivity index (χ2v) is 5.00. The molecule has 2 rings (SSSR count). The Hall–Kier alpha value is -1.39. The van der Waals surface area contributed by atoms with Crippen molar-refractivity contribution in [2.75, 3.05) is 13.7 Å². The van der Waals surface area contributed by atoms with Crippen LogP contribution < -0.4 is 10.5 Å². The average Bonchev–Trinajstić information content (AvgIpc) is 2.89. The third-order valence-electron chi connectivity index (χ3n) is 3.03. The van der Waals surface area contributed by atoms with Crippen molar-refractivity contribution >= 4 is 11.3 Å². The van der Waals surface area contributed by atoms with Crippen LogP contribution in [0.1, 0.15) is 24.3 Å². The SMILES string of the molecule is CCC(CN)c1nc(-c2ccccc2OC)cs1. The van der Waals surface area contributed by atoms with Crippen LogP contribution in [0, 0.1) is 0 Å². The number of thiazole rings is 1. The second-order valence-electron chi connectivity index (χ2n) is 4.11. The van der Waals surface area contributed by atoms with Crippen molar-refractivity contribution < 1.29 is 4.74 Å². The van der Waals surface area contributed by atoms with Gasteiger partial charge in [0, 0.05) is 23.4 Å². The van der Waals surface area contributed by atoms with Gasteiger partial charge in [0.2, 0.25) is 0 Å². The van der Waals surface area contributed by atoms with E-state index in [-0.39, 0.29) is 0 Å². The van der Waals surface area contributed by atoms with E-state index in [1.807, 2.05) is 24.3 Å². The van der Waals surface area contributed by atoms with E-state index in [4.69, 9.17) is 10.5 Å². The highest BCUT2D eigenvalue weighted by atomic mass is 32.1. The van der Waals surface area contributed by atoms with Gasteiger partial charge >= 0.3 is 0 Å². The highest BCUT2D eigenvalue weighted by molar-refractivity contribution is 7.10. The topological polar surface area (TPSA) is 48.1 Å². The smallest absolute Gasteiger partial charge is 0.128 e. The lowest BCUT2D eigenvalue weighted by Crippen LogP contribution is -2.11. The van der Waals surface area contributed by atoms with Crippen LogP contribution in [-0.2, 0) is 0 Å². The van der Waals surface area contributed by atoms with E-state index in [1.54, 1.807) is 18.4 Å². The van der Waals surface area contributed by atoms with Crippen molar-refractivity contribution in [2.45, 2.75) is 19.3 Å². The van der Waals surface area contributed by atoms with E-state index in [0.29, 0.717) is 12.5 Å². The monoisotopic (exact) mass is 262 g/mol. The van der Waals surface area contributed by atoms with Crippen LogP contribution >= 0.6 is 11.3 Å². The third kappa shape index (κ3) is 2.54. The highest BCUT2D eigenvalue weighted by Gasteiger charge is 2.14. The molecule has 0 spiro atoms. The minimum atomic E-state index is 0.360. The van der Waals surface area contributed by atoms with Gasteiger partial charge in [-0.15, -0.1) is 11.3 Å². The molecule has 18 heavy (non-hydrogen) atoms. The van der Waals surface area contributed by atoms with Gasteiger partial charge in [-0.05, 0) is 18.6 Å². The summed E-state index contributed by atoms with van der Waals surface area (Å²) >= 11 is 1.67. The Morgan fingerprint density at radius 3 is 2.83 bits per heavy atom. The molecular weight excluding hydrogens is 244 g/mol. The molecule has 0 amide bonds. The number of benzene rings is 1. The summed E-state index contributed by atoms with van der Waals surface area (Å²) in [5.41, 5.74) is 7.77. The van der Waals surface area contributed by atoms with Crippen LogP contribution in [0.2, 0.25) is 0 Å². The van der Waals surface area contributed by atoms with Gasteiger partial charge in [0.05, 0.1) is 17.8 Å². The lowest BCUT2D eigenvalue weighted by atomic mass is 10.1. The van der Waals surface area contributed by atoms with Gasteiger partial charge in [0.15, 0.2) is 0 Å². The Bertz CT molecular complexity index is 506. The minimum Gasteiger partial charge on any atom is -0.496 e. The summed E-state index contributed by atoms with van der Waals surface area (Å²) in [6, 6.07) is 7.94. The summed E-state index contributed by atoms with van der Waals surface area (Å²) in [5, 5.41) is 3.19. The fourth-order valence-corrected chi connectivity index (χ4v) is 2.92. The van der Waals surface area contributed by atoms with E-state index in [2.05, 4.69) is 17.3 Å². The molecule has 0 aliphatic carbocycles. The van der Waals surface area contributed by atoms with Crippen LogP contribution in [0.15, 0.2) is 29.6 Å². The predicted octanol–water partition coefficient (Wildman–Crippen LogP) is 3.27. The molecule has 1 heterocycles. The molecule has 2 N–H and O–H groups in total. The lowest BCUT2D eigenvalue weighted by Gasteiger charge is -2.08. The number of hydrogen-bond acceptors (Lipinski definition) is 4. The minimum absolute atomic E-state index is 0.360. The van der Waals surface area contributed by atoms with E-state index < -0.39 is 0 Å². The van der Waals surface area contributed by atoms with E-state index >= 15 is 0 Å². The van der Waals surface area contributed by atoms with Gasteiger partial charge in [0.25, 0.3) is 0 Å². The quantitative estimate of drug-likeness (QED) is 0.899. The molecule has 1 aromatic heterocycles.